The Bertz CT molecular complexity index is 1050. The lowest BCUT2D eigenvalue weighted by atomic mass is 9.95. The molecule has 0 saturated heterocycles. The van der Waals surface area contributed by atoms with Crippen molar-refractivity contribution in [3.8, 4) is 17.1 Å². The molecule has 0 amide bonds. The molecular weight excluding hydrogens is 369 g/mol. The lowest BCUT2D eigenvalue weighted by Gasteiger charge is -2.27. The number of rotatable bonds is 3. The van der Waals surface area contributed by atoms with Crippen LogP contribution in [0.15, 0.2) is 36.4 Å². The van der Waals surface area contributed by atoms with E-state index in [-0.39, 0.29) is 23.2 Å². The monoisotopic (exact) mass is 388 g/mol. The second-order valence-electron chi connectivity index (χ2n) is 7.31. The van der Waals surface area contributed by atoms with Crippen LogP contribution in [0.2, 0.25) is 0 Å². The molecule has 2 N–H and O–H groups in total. The van der Waals surface area contributed by atoms with Gasteiger partial charge in [-0.1, -0.05) is 0 Å². The Hall–Kier alpha value is -3.03. The van der Waals surface area contributed by atoms with Crippen LogP contribution >= 0.6 is 0 Å². The summed E-state index contributed by atoms with van der Waals surface area (Å²) in [5.41, 5.74) is 5.26. The molecule has 1 aliphatic heterocycles. The summed E-state index contributed by atoms with van der Waals surface area (Å²) in [5.74, 6) is -1.42. The molecule has 28 heavy (non-hydrogen) atoms. The molecule has 4 rings (SSSR count). The molecule has 3 aromatic rings. The highest BCUT2D eigenvalue weighted by Crippen LogP contribution is 2.52. The van der Waals surface area contributed by atoms with Crippen molar-refractivity contribution in [1.29, 1.82) is 0 Å². The van der Waals surface area contributed by atoms with Crippen LogP contribution in [-0.4, -0.2) is 14.8 Å². The minimum atomic E-state index is -1.81. The van der Waals surface area contributed by atoms with Crippen LogP contribution in [-0.2, 0) is 5.60 Å². The summed E-state index contributed by atoms with van der Waals surface area (Å²) < 4.78 is 50.5. The van der Waals surface area contributed by atoms with Crippen molar-refractivity contribution < 1.29 is 17.9 Å². The van der Waals surface area contributed by atoms with E-state index >= 15 is 4.39 Å². The Morgan fingerprint density at radius 3 is 2.46 bits per heavy atom. The normalized spacial score (nSPS) is 21.0. The molecule has 0 bridgehead atoms. The van der Waals surface area contributed by atoms with Gasteiger partial charge in [-0.15, -0.1) is 10.2 Å². The quantitative estimate of drug-likeness (QED) is 0.660. The average molecular weight is 388 g/mol. The first-order valence-electron chi connectivity index (χ1n) is 8.85. The number of alkyl halides is 1. The first-order chi connectivity index (χ1) is 13.2. The second kappa shape index (κ2) is 6.25. The van der Waals surface area contributed by atoms with Crippen LogP contribution in [0.5, 0.6) is 5.75 Å². The molecule has 0 fully saturated rings. The van der Waals surface area contributed by atoms with Crippen LogP contribution in [0.1, 0.15) is 44.4 Å². The summed E-state index contributed by atoms with van der Waals surface area (Å²) in [6.45, 7) is 5.25. The molecule has 5 nitrogen and oxygen atoms in total. The maximum atomic E-state index is 15.4. The fraction of sp³-hybridized carbons (Fsp3) is 0.300. The predicted octanol–water partition coefficient (Wildman–Crippen LogP) is 4.70. The van der Waals surface area contributed by atoms with Gasteiger partial charge in [0.25, 0.3) is 0 Å². The summed E-state index contributed by atoms with van der Waals surface area (Å²) in [5, 5.41) is 8.40. The Kier molecular flexibility index (Phi) is 4.10. The van der Waals surface area contributed by atoms with Crippen LogP contribution in [0.3, 0.4) is 0 Å². The number of halogens is 3. The number of nitrogen functional groups attached to an aromatic ring is 1. The third-order valence-electron chi connectivity index (χ3n) is 4.93. The number of ether oxygens (including phenoxy) is 1. The molecule has 2 unspecified atom stereocenters. The first kappa shape index (κ1) is 18.3. The van der Waals surface area contributed by atoms with Crippen molar-refractivity contribution in [2.45, 2.75) is 38.6 Å². The van der Waals surface area contributed by atoms with Gasteiger partial charge in [0.05, 0.1) is 0 Å². The minimum Gasteiger partial charge on any atom is -0.473 e. The molecule has 1 aromatic heterocycles. The fourth-order valence-corrected chi connectivity index (χ4v) is 3.54. The number of benzene rings is 2. The van der Waals surface area contributed by atoms with Gasteiger partial charge in [-0.3, -0.25) is 0 Å². The van der Waals surface area contributed by atoms with Crippen LogP contribution in [0.4, 0.5) is 18.9 Å². The maximum Gasteiger partial charge on any atom is 0.201 e. The summed E-state index contributed by atoms with van der Waals surface area (Å²) in [6, 6.07) is 8.51. The highest BCUT2D eigenvalue weighted by Gasteiger charge is 2.52. The van der Waals surface area contributed by atoms with Gasteiger partial charge >= 0.3 is 0 Å². The SMILES string of the molecule is CC(C)n1c(-c2ccc(N)cc2)nnc1C1(C)Oc2c(F)cc(F)cc2C1F. The lowest BCUT2D eigenvalue weighted by molar-refractivity contribution is 0.0169. The second-order valence-corrected chi connectivity index (χ2v) is 7.31. The maximum absolute atomic E-state index is 15.4. The van der Waals surface area contributed by atoms with Gasteiger partial charge in [-0.2, -0.15) is 0 Å². The van der Waals surface area contributed by atoms with E-state index in [1.165, 1.54) is 6.92 Å². The third kappa shape index (κ3) is 2.63. The van der Waals surface area contributed by atoms with Crippen molar-refractivity contribution in [3.05, 3.63) is 59.4 Å². The molecule has 2 heterocycles. The number of nitrogens with zero attached hydrogens (tertiary/aromatic N) is 3. The number of hydrogen-bond donors (Lipinski definition) is 1. The Balaban J connectivity index is 1.86. The zero-order valence-electron chi connectivity index (χ0n) is 15.6. The van der Waals surface area contributed by atoms with Crippen molar-refractivity contribution in [3.63, 3.8) is 0 Å². The molecule has 146 valence electrons. The van der Waals surface area contributed by atoms with Gasteiger partial charge in [-0.25, -0.2) is 13.2 Å². The standard InChI is InChI=1S/C20H19F3N4O/c1-10(2)27-18(11-4-6-13(24)7-5-11)25-26-19(27)20(3)17(23)14-8-12(21)9-15(22)16(14)28-20/h4-10,17H,24H2,1-3H3. The molecule has 0 aliphatic carbocycles. The molecule has 8 heteroatoms. The van der Waals surface area contributed by atoms with Crippen LogP contribution < -0.4 is 10.5 Å². The average Bonchev–Trinajstić information content (AvgIpc) is 3.19. The minimum absolute atomic E-state index is 0.143. The Morgan fingerprint density at radius 2 is 1.82 bits per heavy atom. The highest BCUT2D eigenvalue weighted by atomic mass is 19.1. The number of fused-ring (bicyclic) bond motifs is 1. The van der Waals surface area contributed by atoms with E-state index in [0.717, 1.165) is 11.6 Å². The highest BCUT2D eigenvalue weighted by molar-refractivity contribution is 5.59. The van der Waals surface area contributed by atoms with E-state index in [1.54, 1.807) is 28.8 Å². The largest absolute Gasteiger partial charge is 0.473 e. The van der Waals surface area contributed by atoms with E-state index in [9.17, 15) is 8.78 Å². The van der Waals surface area contributed by atoms with Gasteiger partial charge in [0.1, 0.15) is 5.82 Å². The smallest absolute Gasteiger partial charge is 0.201 e. The number of hydrogen-bond acceptors (Lipinski definition) is 4. The Labute approximate surface area is 160 Å². The lowest BCUT2D eigenvalue weighted by Crippen LogP contribution is -2.34. The number of anilines is 1. The Morgan fingerprint density at radius 1 is 1.14 bits per heavy atom. The van der Waals surface area contributed by atoms with Crippen molar-refractivity contribution in [2.75, 3.05) is 5.73 Å². The number of aromatic nitrogens is 3. The topological polar surface area (TPSA) is 66.0 Å². The predicted molar refractivity (Wildman–Crippen MR) is 98.4 cm³/mol. The van der Waals surface area contributed by atoms with E-state index < -0.39 is 23.4 Å². The fourth-order valence-electron chi connectivity index (χ4n) is 3.54. The van der Waals surface area contributed by atoms with Crippen molar-refractivity contribution in [1.82, 2.24) is 14.8 Å². The van der Waals surface area contributed by atoms with Crippen molar-refractivity contribution in [2.24, 2.45) is 0 Å². The van der Waals surface area contributed by atoms with E-state index in [2.05, 4.69) is 10.2 Å². The van der Waals surface area contributed by atoms with Gasteiger partial charge in [0, 0.05) is 28.9 Å². The molecule has 0 spiro atoms. The third-order valence-corrected chi connectivity index (χ3v) is 4.93. The van der Waals surface area contributed by atoms with Gasteiger partial charge in [0.15, 0.2) is 29.4 Å². The molecule has 2 aromatic carbocycles. The van der Waals surface area contributed by atoms with E-state index in [0.29, 0.717) is 17.6 Å². The van der Waals surface area contributed by atoms with Crippen LogP contribution in [0.25, 0.3) is 11.4 Å². The zero-order chi connectivity index (χ0) is 20.2. The van der Waals surface area contributed by atoms with Gasteiger partial charge < -0.3 is 15.0 Å². The van der Waals surface area contributed by atoms with Gasteiger partial charge in [-0.05, 0) is 51.1 Å². The zero-order valence-corrected chi connectivity index (χ0v) is 15.6. The number of nitrogens with two attached hydrogens (primary N) is 1. The molecule has 0 saturated carbocycles. The summed E-state index contributed by atoms with van der Waals surface area (Å²) in [4.78, 5) is 0. The molecule has 2 atom stereocenters. The van der Waals surface area contributed by atoms with E-state index in [4.69, 9.17) is 10.5 Å². The van der Waals surface area contributed by atoms with Crippen molar-refractivity contribution >= 4 is 5.69 Å². The summed E-state index contributed by atoms with van der Waals surface area (Å²) in [6.07, 6.45) is -1.81. The summed E-state index contributed by atoms with van der Waals surface area (Å²) in [7, 11) is 0. The van der Waals surface area contributed by atoms with E-state index in [1.807, 2.05) is 13.8 Å². The molecule has 1 aliphatic rings. The van der Waals surface area contributed by atoms with Gasteiger partial charge in [0.2, 0.25) is 5.60 Å². The summed E-state index contributed by atoms with van der Waals surface area (Å²) >= 11 is 0. The first-order valence-corrected chi connectivity index (χ1v) is 8.85. The molecular formula is C20H19F3N4O. The van der Waals surface area contributed by atoms with Crippen LogP contribution in [0, 0.1) is 11.6 Å². The molecule has 0 radical (unpaired) electrons.